The van der Waals surface area contributed by atoms with Gasteiger partial charge in [0.25, 0.3) is 0 Å². The van der Waals surface area contributed by atoms with Gasteiger partial charge in [-0.05, 0) is 13.8 Å². The molecule has 0 unspecified atom stereocenters. The number of rotatable bonds is 7. The van der Waals surface area contributed by atoms with Crippen LogP contribution in [-0.4, -0.2) is 50.2 Å². The van der Waals surface area contributed by atoms with Crippen LogP contribution in [0.2, 0.25) is 0 Å². The first-order valence-corrected chi connectivity index (χ1v) is 7.10. The largest absolute Gasteiger partial charge is 1.00 e. The van der Waals surface area contributed by atoms with Gasteiger partial charge in [0.05, 0.1) is 30.2 Å². The van der Waals surface area contributed by atoms with E-state index in [9.17, 15) is 34.2 Å². The fourth-order valence-electron chi connectivity index (χ4n) is 2.29. The average Bonchev–Trinajstić information content (AvgIpc) is 2.56. The Hall–Kier alpha value is -1.37. The van der Waals surface area contributed by atoms with Crippen molar-refractivity contribution in [3.05, 3.63) is 22.5 Å². The van der Waals surface area contributed by atoms with Crippen molar-refractivity contribution in [2.24, 2.45) is 5.92 Å². The van der Waals surface area contributed by atoms with E-state index in [1.807, 2.05) is 0 Å². The Balaban J connectivity index is 0. The average molecular weight is 415 g/mol. The third-order valence-electron chi connectivity index (χ3n) is 3.28. The van der Waals surface area contributed by atoms with Gasteiger partial charge in [0.1, 0.15) is 19.1 Å². The van der Waals surface area contributed by atoms with Crippen molar-refractivity contribution >= 4 is 29.8 Å². The van der Waals surface area contributed by atoms with Crippen molar-refractivity contribution in [1.82, 2.24) is 5.32 Å². The smallest absolute Gasteiger partial charge is 0.546 e. The summed E-state index contributed by atoms with van der Waals surface area (Å²) in [7, 11) is 1.00. The summed E-state index contributed by atoms with van der Waals surface area (Å²) >= 11 is 0. The Morgan fingerprint density at radius 1 is 0.857 bits per heavy atom. The normalized spacial score (nSPS) is 13.4. The van der Waals surface area contributed by atoms with E-state index in [1.54, 1.807) is 0 Å². The first-order valence-electron chi connectivity index (χ1n) is 7.10. The number of hydrogen-bond acceptors (Lipinski definition) is 11. The van der Waals surface area contributed by atoms with E-state index in [4.69, 9.17) is 0 Å². The molecule has 1 aliphatic rings. The van der Waals surface area contributed by atoms with E-state index in [2.05, 4.69) is 19.5 Å². The molecule has 0 fully saturated rings. The van der Waals surface area contributed by atoms with Crippen LogP contribution in [0, 0.1) is 5.92 Å². The predicted octanol–water partition coefficient (Wildman–Crippen LogP) is -9.48. The van der Waals surface area contributed by atoms with Crippen LogP contribution in [0.1, 0.15) is 13.8 Å². The standard InChI is InChI=1S/C15H17NO10.2Na/c1-6-10(14(22)25-4-8(17)18)12(13(21)24-3)11(7(2)16-6)15(23)26-5-9(19)20;;/h12,16H,4-5H2,1-3H3,(H,17,18)(H,19,20);;/q;2*+1/p-2. The zero-order valence-corrected chi connectivity index (χ0v) is 20.1. The number of hydrogen-bond donors (Lipinski definition) is 1. The quantitative estimate of drug-likeness (QED) is 0.238. The van der Waals surface area contributed by atoms with Gasteiger partial charge in [-0.2, -0.15) is 0 Å². The second-order valence-electron chi connectivity index (χ2n) is 5.05. The minimum Gasteiger partial charge on any atom is -0.546 e. The fraction of sp³-hybridized carbons (Fsp3) is 0.400. The van der Waals surface area contributed by atoms with E-state index in [1.165, 1.54) is 13.8 Å². The number of carboxylic acid groups (broad SMARTS) is 2. The molecule has 1 heterocycles. The second kappa shape index (κ2) is 13.0. The molecule has 13 heteroatoms. The topological polar surface area (TPSA) is 171 Å². The summed E-state index contributed by atoms with van der Waals surface area (Å²) < 4.78 is 13.6. The molecule has 1 rings (SSSR count). The number of methoxy groups -OCH3 is 1. The maximum absolute atomic E-state index is 12.2. The van der Waals surface area contributed by atoms with Crippen LogP contribution in [0.15, 0.2) is 22.5 Å². The first kappa shape index (κ1) is 28.8. The fourth-order valence-corrected chi connectivity index (χ4v) is 2.29. The first-order chi connectivity index (χ1) is 12.1. The van der Waals surface area contributed by atoms with Crippen LogP contribution in [0.4, 0.5) is 0 Å². The zero-order chi connectivity index (χ0) is 20.0. The van der Waals surface area contributed by atoms with E-state index in [0.717, 1.165) is 7.11 Å². The van der Waals surface area contributed by atoms with Crippen LogP contribution in [-0.2, 0) is 38.2 Å². The maximum Gasteiger partial charge on any atom is 1.00 e. The summed E-state index contributed by atoms with van der Waals surface area (Å²) in [6.45, 7) is 0.629. The van der Waals surface area contributed by atoms with Gasteiger partial charge in [0.15, 0.2) is 0 Å². The van der Waals surface area contributed by atoms with E-state index >= 15 is 0 Å². The molecule has 1 N–H and O–H groups in total. The van der Waals surface area contributed by atoms with Crippen molar-refractivity contribution in [2.45, 2.75) is 13.8 Å². The molecule has 0 saturated heterocycles. The predicted molar refractivity (Wildman–Crippen MR) is 76.0 cm³/mol. The van der Waals surface area contributed by atoms with Gasteiger partial charge in [-0.3, -0.25) is 4.79 Å². The van der Waals surface area contributed by atoms with E-state index < -0.39 is 49.0 Å². The maximum atomic E-state index is 12.2. The molecule has 0 aromatic rings. The molecular weight excluding hydrogens is 400 g/mol. The van der Waals surface area contributed by atoms with Gasteiger partial charge in [0, 0.05) is 11.4 Å². The Kier molecular flexibility index (Phi) is 13.4. The molecule has 28 heavy (non-hydrogen) atoms. The van der Waals surface area contributed by atoms with Crippen LogP contribution in [0.25, 0.3) is 0 Å². The summed E-state index contributed by atoms with van der Waals surface area (Å²) in [5.41, 5.74) is -0.552. The van der Waals surface area contributed by atoms with Crippen molar-refractivity contribution < 1.29 is 108 Å². The van der Waals surface area contributed by atoms with Gasteiger partial charge >= 0.3 is 77.0 Å². The Morgan fingerprint density at radius 2 is 1.21 bits per heavy atom. The Morgan fingerprint density at radius 3 is 1.50 bits per heavy atom. The SMILES string of the molecule is COC(=O)C1C(C(=O)OCC(=O)[O-])=C(C)NC(C)=C1C(=O)OCC(=O)[O-].[Na+].[Na+]. The minimum atomic E-state index is -1.67. The molecule has 0 radical (unpaired) electrons. The third-order valence-corrected chi connectivity index (χ3v) is 3.28. The molecule has 0 aromatic heterocycles. The summed E-state index contributed by atoms with van der Waals surface area (Å²) in [4.78, 5) is 57.5. The molecule has 0 bridgehead atoms. The molecule has 1 aliphatic heterocycles. The molecular formula is C15H15NNa2O10. The van der Waals surface area contributed by atoms with E-state index in [0.29, 0.717) is 0 Å². The van der Waals surface area contributed by atoms with Gasteiger partial charge in [-0.1, -0.05) is 0 Å². The molecule has 0 spiro atoms. The summed E-state index contributed by atoms with van der Waals surface area (Å²) in [5.74, 6) is -8.39. The number of dihydropyridines is 1. The monoisotopic (exact) mass is 415 g/mol. The van der Waals surface area contributed by atoms with E-state index in [-0.39, 0.29) is 81.7 Å². The van der Waals surface area contributed by atoms with Crippen LogP contribution >= 0.6 is 0 Å². The van der Waals surface area contributed by atoms with Gasteiger partial charge in [0.2, 0.25) is 0 Å². The molecule has 11 nitrogen and oxygen atoms in total. The summed E-state index contributed by atoms with van der Waals surface area (Å²) in [6.07, 6.45) is 0. The Labute approximate surface area is 204 Å². The van der Waals surface area contributed by atoms with Crippen LogP contribution in [0.5, 0.6) is 0 Å². The molecule has 0 aromatic carbocycles. The number of allylic oxidation sites excluding steroid dienone is 2. The van der Waals surface area contributed by atoms with Crippen molar-refractivity contribution in [2.75, 3.05) is 20.3 Å². The summed E-state index contributed by atoms with van der Waals surface area (Å²) in [5, 5.41) is 23.6. The molecule has 0 saturated carbocycles. The number of carbonyl (C=O) groups is 5. The minimum absolute atomic E-state index is 0. The number of nitrogens with one attached hydrogen (secondary N) is 1. The zero-order valence-electron chi connectivity index (χ0n) is 16.1. The van der Waals surface area contributed by atoms with Crippen molar-refractivity contribution in [1.29, 1.82) is 0 Å². The Bertz CT molecular complexity index is 676. The van der Waals surface area contributed by atoms with Gasteiger partial charge in [-0.15, -0.1) is 0 Å². The number of aliphatic carboxylic acids is 2. The van der Waals surface area contributed by atoms with Gasteiger partial charge in [-0.25, -0.2) is 9.59 Å². The molecule has 0 aliphatic carbocycles. The number of carbonyl (C=O) groups excluding carboxylic acids is 5. The summed E-state index contributed by atoms with van der Waals surface area (Å²) in [6, 6.07) is 0. The third kappa shape index (κ3) is 7.57. The molecule has 0 amide bonds. The second-order valence-corrected chi connectivity index (χ2v) is 5.05. The van der Waals surface area contributed by atoms with Crippen LogP contribution < -0.4 is 74.6 Å². The van der Waals surface area contributed by atoms with Crippen molar-refractivity contribution in [3.8, 4) is 0 Å². The number of esters is 3. The van der Waals surface area contributed by atoms with Crippen LogP contribution in [0.3, 0.4) is 0 Å². The van der Waals surface area contributed by atoms with Gasteiger partial charge < -0.3 is 39.3 Å². The molecule has 0 atom stereocenters. The molecule has 142 valence electrons. The van der Waals surface area contributed by atoms with Crippen molar-refractivity contribution in [3.63, 3.8) is 0 Å². The number of carboxylic acids is 2. The number of ether oxygens (including phenoxy) is 3.